The molecule has 2 aromatic rings. The molecule has 1 aromatic carbocycles. The molecule has 0 amide bonds. The number of ketones is 1. The van der Waals surface area contributed by atoms with Gasteiger partial charge in [0.25, 0.3) is 0 Å². The fourth-order valence-electron chi connectivity index (χ4n) is 1.93. The first kappa shape index (κ1) is 13.6. The van der Waals surface area contributed by atoms with E-state index in [1.807, 2.05) is 25.1 Å². The van der Waals surface area contributed by atoms with Gasteiger partial charge >= 0.3 is 0 Å². The number of rotatable bonds is 5. The summed E-state index contributed by atoms with van der Waals surface area (Å²) in [5, 5.41) is 0. The molecule has 0 atom stereocenters. The molecule has 19 heavy (non-hydrogen) atoms. The number of carbonyl (C=O) groups is 1. The monoisotopic (exact) mass is 258 g/mol. The number of benzene rings is 1. The van der Waals surface area contributed by atoms with Crippen LogP contribution >= 0.6 is 0 Å². The van der Waals surface area contributed by atoms with Crippen LogP contribution in [0.4, 0.5) is 0 Å². The Morgan fingerprint density at radius 3 is 2.63 bits per heavy atom. The van der Waals surface area contributed by atoms with E-state index in [1.165, 1.54) is 11.1 Å². The van der Waals surface area contributed by atoms with Crippen molar-refractivity contribution >= 4 is 5.78 Å². The van der Waals surface area contributed by atoms with Gasteiger partial charge in [0.1, 0.15) is 12.4 Å². The molecule has 0 fully saturated rings. The van der Waals surface area contributed by atoms with Gasteiger partial charge in [0.2, 0.25) is 5.78 Å². The number of hydrogen-bond donors (Lipinski definition) is 0. The third-order valence-electron chi connectivity index (χ3n) is 3.16. The molecule has 100 valence electrons. The second kappa shape index (κ2) is 5.85. The van der Waals surface area contributed by atoms with Gasteiger partial charge in [0.05, 0.1) is 0 Å². The summed E-state index contributed by atoms with van der Waals surface area (Å²) in [6.45, 7) is 4.49. The number of carbonyl (C=O) groups excluding carboxylic acids is 1. The van der Waals surface area contributed by atoms with Crippen molar-refractivity contribution in [2.45, 2.75) is 26.9 Å². The third-order valence-corrected chi connectivity index (χ3v) is 3.16. The van der Waals surface area contributed by atoms with Gasteiger partial charge in [-0.05, 0) is 42.7 Å². The number of ether oxygens (including phenoxy) is 1. The maximum Gasteiger partial charge on any atom is 0.202 e. The van der Waals surface area contributed by atoms with E-state index in [0.717, 1.165) is 5.56 Å². The predicted octanol–water partition coefficient (Wildman–Crippen LogP) is 3.47. The van der Waals surface area contributed by atoms with Crippen LogP contribution in [-0.2, 0) is 17.8 Å². The van der Waals surface area contributed by atoms with Crippen LogP contribution in [0.2, 0.25) is 0 Å². The Bertz CT molecular complexity index is 581. The summed E-state index contributed by atoms with van der Waals surface area (Å²) in [6.07, 6.45) is 0.362. The summed E-state index contributed by atoms with van der Waals surface area (Å²) in [5.41, 5.74) is 3.44. The SMILES string of the molecule is COCc1ccc(C(=O)Cc2ccc(C)c(C)c2)o1. The molecule has 0 aliphatic rings. The van der Waals surface area contributed by atoms with E-state index in [0.29, 0.717) is 24.5 Å². The van der Waals surface area contributed by atoms with Crippen LogP contribution in [0.25, 0.3) is 0 Å². The van der Waals surface area contributed by atoms with E-state index in [-0.39, 0.29) is 5.78 Å². The van der Waals surface area contributed by atoms with E-state index in [2.05, 4.69) is 6.92 Å². The van der Waals surface area contributed by atoms with Crippen molar-refractivity contribution in [3.8, 4) is 0 Å². The number of furan rings is 1. The number of Topliss-reactive ketones (excluding diaryl/α,β-unsaturated/α-hetero) is 1. The molecule has 0 spiro atoms. The zero-order valence-electron chi connectivity index (χ0n) is 11.5. The smallest absolute Gasteiger partial charge is 0.202 e. The molecule has 0 bridgehead atoms. The average molecular weight is 258 g/mol. The van der Waals surface area contributed by atoms with Crippen molar-refractivity contribution in [3.05, 3.63) is 58.5 Å². The van der Waals surface area contributed by atoms with Crippen molar-refractivity contribution in [1.82, 2.24) is 0 Å². The van der Waals surface area contributed by atoms with Crippen molar-refractivity contribution in [3.63, 3.8) is 0 Å². The van der Waals surface area contributed by atoms with Gasteiger partial charge in [-0.1, -0.05) is 18.2 Å². The van der Waals surface area contributed by atoms with Crippen molar-refractivity contribution in [2.24, 2.45) is 0 Å². The van der Waals surface area contributed by atoms with Crippen molar-refractivity contribution in [1.29, 1.82) is 0 Å². The highest BCUT2D eigenvalue weighted by Crippen LogP contribution is 2.15. The molecule has 3 nitrogen and oxygen atoms in total. The first-order valence-corrected chi connectivity index (χ1v) is 6.27. The standard InChI is InChI=1S/C16H18O3/c1-11-4-5-13(8-12(11)2)9-15(17)16-7-6-14(19-16)10-18-3/h4-8H,9-10H2,1-3H3. The molecule has 0 aliphatic heterocycles. The van der Waals surface area contributed by atoms with Gasteiger partial charge < -0.3 is 9.15 Å². The van der Waals surface area contributed by atoms with E-state index in [9.17, 15) is 4.79 Å². The molecule has 0 saturated carbocycles. The fourth-order valence-corrected chi connectivity index (χ4v) is 1.93. The van der Waals surface area contributed by atoms with Gasteiger partial charge in [0.15, 0.2) is 5.76 Å². The van der Waals surface area contributed by atoms with Crippen LogP contribution in [0.3, 0.4) is 0 Å². The second-order valence-corrected chi connectivity index (χ2v) is 4.72. The normalized spacial score (nSPS) is 10.7. The maximum absolute atomic E-state index is 12.1. The highest BCUT2D eigenvalue weighted by molar-refractivity contribution is 5.95. The molecule has 1 heterocycles. The van der Waals surface area contributed by atoms with Crippen LogP contribution < -0.4 is 0 Å². The Balaban J connectivity index is 2.09. The minimum absolute atomic E-state index is 0.00870. The maximum atomic E-state index is 12.1. The van der Waals surface area contributed by atoms with Gasteiger partial charge in [-0.25, -0.2) is 0 Å². The summed E-state index contributed by atoms with van der Waals surface area (Å²) >= 11 is 0. The Hall–Kier alpha value is -1.87. The molecule has 0 aliphatic carbocycles. The third kappa shape index (κ3) is 3.32. The van der Waals surface area contributed by atoms with Gasteiger partial charge in [-0.2, -0.15) is 0 Å². The fraction of sp³-hybridized carbons (Fsp3) is 0.312. The van der Waals surface area contributed by atoms with E-state index in [4.69, 9.17) is 9.15 Å². The lowest BCUT2D eigenvalue weighted by Crippen LogP contribution is -2.02. The van der Waals surface area contributed by atoms with Gasteiger partial charge in [-0.15, -0.1) is 0 Å². The zero-order valence-corrected chi connectivity index (χ0v) is 11.5. The van der Waals surface area contributed by atoms with Crippen LogP contribution in [0.15, 0.2) is 34.7 Å². The molecule has 3 heteroatoms. The van der Waals surface area contributed by atoms with E-state index >= 15 is 0 Å². The molecular weight excluding hydrogens is 240 g/mol. The molecular formula is C16H18O3. The quantitative estimate of drug-likeness (QED) is 0.771. The highest BCUT2D eigenvalue weighted by atomic mass is 16.5. The minimum Gasteiger partial charge on any atom is -0.456 e. The number of methoxy groups -OCH3 is 1. The zero-order chi connectivity index (χ0) is 13.8. The molecule has 0 radical (unpaired) electrons. The van der Waals surface area contributed by atoms with Crippen LogP contribution in [0.5, 0.6) is 0 Å². The lowest BCUT2D eigenvalue weighted by molar-refractivity contribution is 0.0957. The second-order valence-electron chi connectivity index (χ2n) is 4.72. The lowest BCUT2D eigenvalue weighted by Gasteiger charge is -2.03. The molecule has 0 N–H and O–H groups in total. The van der Waals surface area contributed by atoms with Gasteiger partial charge in [-0.3, -0.25) is 4.79 Å². The predicted molar refractivity (Wildman–Crippen MR) is 73.4 cm³/mol. The summed E-state index contributed by atoms with van der Waals surface area (Å²) in [7, 11) is 1.60. The van der Waals surface area contributed by atoms with Crippen LogP contribution in [-0.4, -0.2) is 12.9 Å². The largest absolute Gasteiger partial charge is 0.456 e. The Morgan fingerprint density at radius 2 is 1.95 bits per heavy atom. The summed E-state index contributed by atoms with van der Waals surface area (Å²) in [5.74, 6) is 1.06. The highest BCUT2D eigenvalue weighted by Gasteiger charge is 2.12. The first-order chi connectivity index (χ1) is 9.10. The Labute approximate surface area is 113 Å². The summed E-state index contributed by atoms with van der Waals surface area (Å²) in [4.78, 5) is 12.1. The molecule has 1 aromatic heterocycles. The summed E-state index contributed by atoms with van der Waals surface area (Å²) < 4.78 is 10.4. The number of hydrogen-bond acceptors (Lipinski definition) is 3. The lowest BCUT2D eigenvalue weighted by atomic mass is 10.0. The Morgan fingerprint density at radius 1 is 1.16 bits per heavy atom. The van der Waals surface area contributed by atoms with E-state index in [1.54, 1.807) is 19.2 Å². The van der Waals surface area contributed by atoms with Crippen LogP contribution in [0, 0.1) is 13.8 Å². The molecule has 2 rings (SSSR count). The average Bonchev–Trinajstić information content (AvgIpc) is 2.83. The summed E-state index contributed by atoms with van der Waals surface area (Å²) in [6, 6.07) is 9.55. The van der Waals surface area contributed by atoms with Gasteiger partial charge in [0, 0.05) is 13.5 Å². The van der Waals surface area contributed by atoms with Crippen molar-refractivity contribution < 1.29 is 13.9 Å². The molecule has 0 unspecified atom stereocenters. The minimum atomic E-state index is -0.00870. The van der Waals surface area contributed by atoms with E-state index < -0.39 is 0 Å². The molecule has 0 saturated heterocycles. The van der Waals surface area contributed by atoms with Crippen molar-refractivity contribution in [2.75, 3.05) is 7.11 Å². The van der Waals surface area contributed by atoms with Crippen LogP contribution in [0.1, 0.15) is 33.0 Å². The Kier molecular flexibility index (Phi) is 4.17. The first-order valence-electron chi connectivity index (χ1n) is 6.27. The topological polar surface area (TPSA) is 39.4 Å². The number of aryl methyl sites for hydroxylation is 2.